The molecule has 206 valence electrons. The molecule has 8 nitrogen and oxygen atoms in total. The molecule has 9 heteroatoms. The van der Waals surface area contributed by atoms with Gasteiger partial charge < -0.3 is 19.5 Å². The van der Waals surface area contributed by atoms with Crippen LogP contribution in [0.1, 0.15) is 42.7 Å². The molecule has 0 bridgehead atoms. The summed E-state index contributed by atoms with van der Waals surface area (Å²) in [6.07, 6.45) is 6.70. The maximum absolute atomic E-state index is 14.5. The molecule has 1 aromatic heterocycles. The van der Waals surface area contributed by atoms with Crippen molar-refractivity contribution in [1.82, 2.24) is 14.9 Å². The van der Waals surface area contributed by atoms with Gasteiger partial charge in [-0.25, -0.2) is 14.4 Å². The number of hydrogen-bond acceptors (Lipinski definition) is 8. The van der Waals surface area contributed by atoms with E-state index in [4.69, 9.17) is 9.47 Å². The molecule has 1 spiro atoms. The molecular formula is C31H32FN5O3. The number of ether oxygens (including phenoxy) is 2. The zero-order valence-electron chi connectivity index (χ0n) is 22.4. The summed E-state index contributed by atoms with van der Waals surface area (Å²) in [5.74, 6) is 1.81. The summed E-state index contributed by atoms with van der Waals surface area (Å²) in [4.78, 5) is 13.3. The molecule has 4 aliphatic rings. The van der Waals surface area contributed by atoms with Crippen LogP contribution in [0, 0.1) is 22.6 Å². The average Bonchev–Trinajstić information content (AvgIpc) is 3.76. The molecule has 2 aromatic carbocycles. The third-order valence-electron chi connectivity index (χ3n) is 8.72. The zero-order valence-corrected chi connectivity index (χ0v) is 22.4. The van der Waals surface area contributed by atoms with Gasteiger partial charge in [0.2, 0.25) is 0 Å². The van der Waals surface area contributed by atoms with E-state index < -0.39 is 5.60 Å². The van der Waals surface area contributed by atoms with Gasteiger partial charge >= 0.3 is 0 Å². The summed E-state index contributed by atoms with van der Waals surface area (Å²) < 4.78 is 26.3. The lowest BCUT2D eigenvalue weighted by atomic mass is 9.72. The Balaban J connectivity index is 1.08. The standard InChI is InChI=1S/C31H32FN5O3/c32-23-4-6-27(26(12-23)24-5-1-21(13-33)11-25(24)22-2-3-22)40-28-14-34-20-35-29(28)37-17-30(18-37)15-36(16-30)19-31(38)7-9-39-10-8-31/h1,4-6,11-12,14,20,22,38H,2-3,7-10,15-19H2. The number of likely N-dealkylation sites (tertiary alicyclic amines) is 1. The van der Waals surface area contributed by atoms with E-state index in [0.29, 0.717) is 61.1 Å². The third kappa shape index (κ3) is 4.81. The summed E-state index contributed by atoms with van der Waals surface area (Å²) in [5.41, 5.74) is 2.76. The van der Waals surface area contributed by atoms with E-state index in [2.05, 4.69) is 25.8 Å². The monoisotopic (exact) mass is 541 g/mol. The van der Waals surface area contributed by atoms with E-state index in [1.165, 1.54) is 18.5 Å². The molecule has 1 N–H and O–H groups in total. The van der Waals surface area contributed by atoms with Gasteiger partial charge in [0.15, 0.2) is 11.6 Å². The predicted molar refractivity (Wildman–Crippen MR) is 147 cm³/mol. The van der Waals surface area contributed by atoms with E-state index in [9.17, 15) is 14.8 Å². The maximum Gasteiger partial charge on any atom is 0.188 e. The van der Waals surface area contributed by atoms with Gasteiger partial charge in [-0.05, 0) is 60.2 Å². The molecule has 0 atom stereocenters. The predicted octanol–water partition coefficient (Wildman–Crippen LogP) is 4.49. The lowest BCUT2D eigenvalue weighted by Crippen LogP contribution is -2.73. The van der Waals surface area contributed by atoms with E-state index in [1.807, 2.05) is 12.1 Å². The van der Waals surface area contributed by atoms with Gasteiger partial charge in [-0.2, -0.15) is 5.26 Å². The Hall–Kier alpha value is -3.58. The lowest BCUT2D eigenvalue weighted by molar-refractivity contribution is -0.116. The van der Waals surface area contributed by atoms with Gasteiger partial charge in [0.25, 0.3) is 0 Å². The number of aromatic nitrogens is 2. The SMILES string of the molecule is N#Cc1ccc(-c2cc(F)ccc2Oc2cncnc2N2CC3(CN(CC4(O)CCOCC4)C3)C2)c(C2CC2)c1. The van der Waals surface area contributed by atoms with Crippen LogP contribution in [0.4, 0.5) is 10.2 Å². The number of aliphatic hydroxyl groups is 1. The fourth-order valence-electron chi connectivity index (χ4n) is 6.60. The average molecular weight is 542 g/mol. The van der Waals surface area contributed by atoms with E-state index in [0.717, 1.165) is 56.0 Å². The summed E-state index contributed by atoms with van der Waals surface area (Å²) in [5, 5.41) is 20.3. The number of nitrogens with zero attached hydrogens (tertiary/aromatic N) is 5. The molecule has 3 aromatic rings. The van der Waals surface area contributed by atoms with Crippen molar-refractivity contribution < 1.29 is 19.0 Å². The van der Waals surface area contributed by atoms with Crippen molar-refractivity contribution in [1.29, 1.82) is 5.26 Å². The second-order valence-corrected chi connectivity index (χ2v) is 12.0. The van der Waals surface area contributed by atoms with Gasteiger partial charge in [0, 0.05) is 69.8 Å². The fraction of sp³-hybridized carbons (Fsp3) is 0.452. The van der Waals surface area contributed by atoms with Gasteiger partial charge in [0.1, 0.15) is 17.9 Å². The highest BCUT2D eigenvalue weighted by Gasteiger charge is 2.53. The van der Waals surface area contributed by atoms with Crippen molar-refractivity contribution in [2.24, 2.45) is 5.41 Å². The van der Waals surface area contributed by atoms with E-state index >= 15 is 0 Å². The fourth-order valence-corrected chi connectivity index (χ4v) is 6.60. The molecule has 3 saturated heterocycles. The van der Waals surface area contributed by atoms with Crippen LogP contribution in [0.15, 0.2) is 48.9 Å². The van der Waals surface area contributed by atoms with Crippen LogP contribution in [-0.4, -0.2) is 71.5 Å². The van der Waals surface area contributed by atoms with E-state index in [-0.39, 0.29) is 11.2 Å². The Bertz CT molecular complexity index is 1470. The molecule has 0 amide bonds. The highest BCUT2D eigenvalue weighted by molar-refractivity contribution is 5.76. The number of benzene rings is 2. The number of halogens is 1. The molecule has 4 heterocycles. The van der Waals surface area contributed by atoms with Crippen molar-refractivity contribution >= 4 is 5.82 Å². The van der Waals surface area contributed by atoms with Crippen molar-refractivity contribution in [3.8, 4) is 28.7 Å². The minimum absolute atomic E-state index is 0.201. The Morgan fingerprint density at radius 3 is 2.60 bits per heavy atom. The molecule has 3 aliphatic heterocycles. The Morgan fingerprint density at radius 1 is 1.05 bits per heavy atom. The molecule has 0 radical (unpaired) electrons. The molecule has 7 rings (SSSR count). The number of rotatable bonds is 7. The Morgan fingerprint density at radius 2 is 1.85 bits per heavy atom. The minimum Gasteiger partial charge on any atom is -0.451 e. The first-order valence-electron chi connectivity index (χ1n) is 14.0. The van der Waals surface area contributed by atoms with Crippen molar-refractivity contribution in [2.75, 3.05) is 50.8 Å². The van der Waals surface area contributed by atoms with Crippen LogP contribution in [0.5, 0.6) is 11.5 Å². The first-order valence-corrected chi connectivity index (χ1v) is 14.0. The summed E-state index contributed by atoms with van der Waals surface area (Å²) in [6, 6.07) is 12.4. The molecule has 1 saturated carbocycles. The quantitative estimate of drug-likeness (QED) is 0.468. The first-order chi connectivity index (χ1) is 19.4. The highest BCUT2D eigenvalue weighted by atomic mass is 19.1. The molecule has 4 fully saturated rings. The zero-order chi connectivity index (χ0) is 27.3. The number of hydrogen-bond donors (Lipinski definition) is 1. The van der Waals surface area contributed by atoms with Crippen molar-refractivity contribution in [3.05, 3.63) is 65.9 Å². The molecular weight excluding hydrogens is 509 g/mol. The topological polar surface area (TPSA) is 94.7 Å². The van der Waals surface area contributed by atoms with Crippen molar-refractivity contribution in [2.45, 2.75) is 37.2 Å². The lowest BCUT2D eigenvalue weighted by Gasteiger charge is -2.61. The normalized spacial score (nSPS) is 21.4. The summed E-state index contributed by atoms with van der Waals surface area (Å²) >= 11 is 0. The Labute approximate surface area is 233 Å². The van der Waals surface area contributed by atoms with Crippen LogP contribution >= 0.6 is 0 Å². The maximum atomic E-state index is 14.5. The third-order valence-corrected chi connectivity index (χ3v) is 8.72. The molecule has 40 heavy (non-hydrogen) atoms. The van der Waals surface area contributed by atoms with Crippen LogP contribution in [0.3, 0.4) is 0 Å². The summed E-state index contributed by atoms with van der Waals surface area (Å²) in [6.45, 7) is 5.58. The van der Waals surface area contributed by atoms with Gasteiger partial charge in [0.05, 0.1) is 23.4 Å². The van der Waals surface area contributed by atoms with Crippen LogP contribution < -0.4 is 9.64 Å². The minimum atomic E-state index is -0.641. The second-order valence-electron chi connectivity index (χ2n) is 12.0. The second kappa shape index (κ2) is 9.81. The van der Waals surface area contributed by atoms with Crippen LogP contribution in [0.25, 0.3) is 11.1 Å². The molecule has 0 unspecified atom stereocenters. The number of nitriles is 1. The number of β-amino-alcohol motifs (C(OH)–C–C–N with tert-alkyl or cyclic N) is 1. The van der Waals surface area contributed by atoms with Gasteiger partial charge in [-0.3, -0.25) is 4.90 Å². The summed E-state index contributed by atoms with van der Waals surface area (Å²) in [7, 11) is 0. The van der Waals surface area contributed by atoms with Crippen LogP contribution in [-0.2, 0) is 4.74 Å². The van der Waals surface area contributed by atoms with Gasteiger partial charge in [-0.15, -0.1) is 0 Å². The molecule has 1 aliphatic carbocycles. The van der Waals surface area contributed by atoms with E-state index in [1.54, 1.807) is 18.3 Å². The van der Waals surface area contributed by atoms with Crippen molar-refractivity contribution in [3.63, 3.8) is 0 Å². The number of anilines is 1. The smallest absolute Gasteiger partial charge is 0.188 e. The van der Waals surface area contributed by atoms with Crippen LogP contribution in [0.2, 0.25) is 0 Å². The van der Waals surface area contributed by atoms with Gasteiger partial charge in [-0.1, -0.05) is 6.07 Å². The first kappa shape index (κ1) is 25.4. The Kier molecular flexibility index (Phi) is 6.22. The highest BCUT2D eigenvalue weighted by Crippen LogP contribution is 2.48. The largest absolute Gasteiger partial charge is 0.451 e.